The molecule has 0 radical (unpaired) electrons. The van der Waals surface area contributed by atoms with Crippen LogP contribution in [-0.4, -0.2) is 17.6 Å². The van der Waals surface area contributed by atoms with Gasteiger partial charge in [0.15, 0.2) is 0 Å². The number of anilines is 2. The van der Waals surface area contributed by atoms with Crippen LogP contribution < -0.4 is 10.6 Å². The fourth-order valence-corrected chi connectivity index (χ4v) is 3.97. The second-order valence-electron chi connectivity index (χ2n) is 5.45. The molecule has 1 aliphatic carbocycles. The average molecular weight is 327 g/mol. The van der Waals surface area contributed by atoms with E-state index in [-0.39, 0.29) is 18.2 Å². The Balaban J connectivity index is 1.66. The molecule has 0 bridgehead atoms. The summed E-state index contributed by atoms with van der Waals surface area (Å²) in [5.74, 6) is -0.0477. The molecule has 118 valence electrons. The van der Waals surface area contributed by atoms with Gasteiger partial charge in [-0.2, -0.15) is 0 Å². The first-order valence-corrected chi connectivity index (χ1v) is 8.34. The van der Waals surface area contributed by atoms with E-state index in [0.717, 1.165) is 31.2 Å². The molecule has 0 saturated carbocycles. The lowest BCUT2D eigenvalue weighted by molar-refractivity contribution is -0.114. The van der Waals surface area contributed by atoms with Crippen molar-refractivity contribution < 1.29 is 9.90 Å². The Morgan fingerprint density at radius 1 is 1.35 bits per heavy atom. The molecule has 1 aromatic carbocycles. The molecule has 0 fully saturated rings. The number of aryl methyl sites for hydroxylation is 1. The van der Waals surface area contributed by atoms with Crippen LogP contribution in [0.5, 0.6) is 5.75 Å². The Morgan fingerprint density at radius 3 is 2.96 bits per heavy atom. The quantitative estimate of drug-likeness (QED) is 0.745. The van der Waals surface area contributed by atoms with E-state index in [4.69, 9.17) is 6.57 Å². The van der Waals surface area contributed by atoms with Gasteiger partial charge in [-0.15, -0.1) is 11.3 Å². The van der Waals surface area contributed by atoms with Crippen molar-refractivity contribution >= 4 is 33.6 Å². The lowest BCUT2D eigenvalue weighted by atomic mass is 9.98. The third-order valence-corrected chi connectivity index (χ3v) is 5.00. The second-order valence-corrected chi connectivity index (χ2v) is 6.56. The van der Waals surface area contributed by atoms with Crippen LogP contribution >= 0.6 is 11.3 Å². The Bertz CT molecular complexity index is 777. The van der Waals surface area contributed by atoms with Crippen LogP contribution in [0.4, 0.5) is 16.4 Å². The summed E-state index contributed by atoms with van der Waals surface area (Å²) < 4.78 is 0. The molecule has 0 unspecified atom stereocenters. The highest BCUT2D eigenvalue weighted by Crippen LogP contribution is 2.43. The van der Waals surface area contributed by atoms with Gasteiger partial charge in [-0.05, 0) is 41.8 Å². The van der Waals surface area contributed by atoms with Crippen molar-refractivity contribution in [3.05, 3.63) is 46.1 Å². The molecule has 1 aromatic heterocycles. The lowest BCUT2D eigenvalue weighted by Crippen LogP contribution is -2.21. The van der Waals surface area contributed by atoms with Gasteiger partial charge in [0.1, 0.15) is 10.8 Å². The molecular weight excluding hydrogens is 310 g/mol. The molecule has 0 atom stereocenters. The number of hydrogen-bond acceptors (Lipinski definition) is 4. The number of phenolic OH excluding ortho intramolecular Hbond substituents is 1. The Hall–Kier alpha value is -2.52. The molecule has 2 aromatic rings. The van der Waals surface area contributed by atoms with Crippen LogP contribution in [0.1, 0.15) is 23.3 Å². The van der Waals surface area contributed by atoms with Gasteiger partial charge in [0.05, 0.1) is 13.1 Å². The number of hydrogen-bond donors (Lipinski definition) is 3. The van der Waals surface area contributed by atoms with Crippen LogP contribution in [0.2, 0.25) is 0 Å². The summed E-state index contributed by atoms with van der Waals surface area (Å²) in [6, 6.07) is 6.62. The summed E-state index contributed by atoms with van der Waals surface area (Å²) in [7, 11) is 0. The molecular formula is C17H17N3O2S. The van der Waals surface area contributed by atoms with E-state index >= 15 is 0 Å². The Kier molecular flexibility index (Phi) is 4.49. The second kappa shape index (κ2) is 6.71. The number of carbonyl (C=O) groups is 1. The molecule has 0 saturated heterocycles. The third kappa shape index (κ3) is 3.46. The number of nitrogens with one attached hydrogen (secondary N) is 2. The van der Waals surface area contributed by atoms with Crippen molar-refractivity contribution in [2.75, 3.05) is 17.2 Å². The summed E-state index contributed by atoms with van der Waals surface area (Å²) in [6.07, 6.45) is 4.19. The first-order valence-electron chi connectivity index (χ1n) is 7.52. The highest BCUT2D eigenvalue weighted by Gasteiger charge is 2.21. The summed E-state index contributed by atoms with van der Waals surface area (Å²) in [6.45, 7) is 7.47. The maximum atomic E-state index is 12.1. The van der Waals surface area contributed by atoms with Gasteiger partial charge in [0, 0.05) is 11.8 Å². The highest BCUT2D eigenvalue weighted by atomic mass is 32.1. The zero-order chi connectivity index (χ0) is 16.2. The van der Waals surface area contributed by atoms with E-state index in [0.29, 0.717) is 16.4 Å². The largest absolute Gasteiger partial charge is 0.508 e. The van der Waals surface area contributed by atoms with Gasteiger partial charge in [-0.1, -0.05) is 12.5 Å². The minimum atomic E-state index is -0.197. The Morgan fingerprint density at radius 2 is 2.17 bits per heavy atom. The van der Waals surface area contributed by atoms with E-state index in [1.165, 1.54) is 16.2 Å². The fourth-order valence-electron chi connectivity index (χ4n) is 2.72. The smallest absolute Gasteiger partial charge is 0.243 e. The number of phenols is 1. The van der Waals surface area contributed by atoms with Gasteiger partial charge >= 0.3 is 0 Å². The van der Waals surface area contributed by atoms with E-state index in [1.807, 2.05) is 0 Å². The first-order chi connectivity index (χ1) is 11.2. The van der Waals surface area contributed by atoms with Crippen molar-refractivity contribution in [1.29, 1.82) is 0 Å². The molecule has 6 heteroatoms. The fraction of sp³-hybridized carbons (Fsp3) is 0.294. The molecule has 3 rings (SSSR count). The lowest BCUT2D eigenvalue weighted by Gasteiger charge is -2.10. The van der Waals surface area contributed by atoms with Crippen LogP contribution in [0.15, 0.2) is 24.3 Å². The van der Waals surface area contributed by atoms with E-state index in [2.05, 4.69) is 15.5 Å². The van der Waals surface area contributed by atoms with Crippen LogP contribution in [-0.2, 0) is 17.6 Å². The Labute approximate surface area is 138 Å². The topological polar surface area (TPSA) is 65.7 Å². The SMILES string of the molecule is [C-]#[N+]c1c(NC(=O)CNc2cccc(O)c2)sc2c1CCCC2. The summed E-state index contributed by atoms with van der Waals surface area (Å²) >= 11 is 1.53. The van der Waals surface area contributed by atoms with Crippen molar-refractivity contribution in [3.8, 4) is 5.75 Å². The third-order valence-electron chi connectivity index (χ3n) is 3.81. The number of amides is 1. The standard InChI is InChI=1S/C17H17N3O2S/c1-18-16-13-7-2-3-8-14(13)23-17(16)20-15(22)10-19-11-5-4-6-12(21)9-11/h4-6,9,19,21H,2-3,7-8,10H2,(H,20,22). The van der Waals surface area contributed by atoms with Crippen molar-refractivity contribution in [3.63, 3.8) is 0 Å². The minimum absolute atomic E-state index is 0.0868. The summed E-state index contributed by atoms with van der Waals surface area (Å²) in [5, 5.41) is 15.9. The normalized spacial score (nSPS) is 13.0. The van der Waals surface area contributed by atoms with E-state index < -0.39 is 0 Å². The number of benzene rings is 1. The number of thiophene rings is 1. The minimum Gasteiger partial charge on any atom is -0.508 e. The number of nitrogens with zero attached hydrogens (tertiary/aromatic N) is 1. The van der Waals surface area contributed by atoms with Crippen molar-refractivity contribution in [1.82, 2.24) is 0 Å². The number of carbonyl (C=O) groups excluding carboxylic acids is 1. The summed E-state index contributed by atoms with van der Waals surface area (Å²) in [5.41, 5.74) is 2.40. The monoisotopic (exact) mass is 327 g/mol. The number of fused-ring (bicyclic) bond motifs is 1. The zero-order valence-electron chi connectivity index (χ0n) is 12.6. The average Bonchev–Trinajstić information content (AvgIpc) is 2.90. The predicted molar refractivity (Wildman–Crippen MR) is 92.4 cm³/mol. The first kappa shape index (κ1) is 15.4. The zero-order valence-corrected chi connectivity index (χ0v) is 13.4. The van der Waals surface area contributed by atoms with Gasteiger partial charge in [0.25, 0.3) is 0 Å². The molecule has 3 N–H and O–H groups in total. The molecule has 0 spiro atoms. The van der Waals surface area contributed by atoms with Crippen molar-refractivity contribution in [2.24, 2.45) is 0 Å². The van der Waals surface area contributed by atoms with Gasteiger partial charge in [-0.3, -0.25) is 4.79 Å². The van der Waals surface area contributed by atoms with Gasteiger partial charge < -0.3 is 15.7 Å². The molecule has 5 nitrogen and oxygen atoms in total. The number of rotatable bonds is 4. The molecule has 23 heavy (non-hydrogen) atoms. The van der Waals surface area contributed by atoms with Crippen molar-refractivity contribution in [2.45, 2.75) is 25.7 Å². The summed E-state index contributed by atoms with van der Waals surface area (Å²) in [4.78, 5) is 17.0. The van der Waals surface area contributed by atoms with E-state index in [1.54, 1.807) is 24.3 Å². The van der Waals surface area contributed by atoms with Crippen LogP contribution in [0.25, 0.3) is 4.85 Å². The van der Waals surface area contributed by atoms with Crippen LogP contribution in [0, 0.1) is 6.57 Å². The maximum Gasteiger partial charge on any atom is 0.243 e. The molecule has 1 aliphatic rings. The molecule has 1 heterocycles. The highest BCUT2D eigenvalue weighted by molar-refractivity contribution is 7.17. The number of aromatic hydroxyl groups is 1. The molecule has 0 aliphatic heterocycles. The van der Waals surface area contributed by atoms with E-state index in [9.17, 15) is 9.90 Å². The molecule has 1 amide bonds. The van der Waals surface area contributed by atoms with Gasteiger partial charge in [0.2, 0.25) is 11.6 Å². The van der Waals surface area contributed by atoms with Gasteiger partial charge in [-0.25, -0.2) is 4.85 Å². The van der Waals surface area contributed by atoms with Crippen LogP contribution in [0.3, 0.4) is 0 Å². The predicted octanol–water partition coefficient (Wildman–Crippen LogP) is 3.93. The maximum absolute atomic E-state index is 12.1.